The summed E-state index contributed by atoms with van der Waals surface area (Å²) in [5.41, 5.74) is 5.27. The Hall–Kier alpha value is -2.35. The van der Waals surface area contributed by atoms with Crippen molar-refractivity contribution < 1.29 is 9.59 Å². The van der Waals surface area contributed by atoms with Crippen LogP contribution in [0.25, 0.3) is 10.9 Å². The Bertz CT molecular complexity index is 772. The smallest absolute Gasteiger partial charge is 0.318 e. The summed E-state index contributed by atoms with van der Waals surface area (Å²) in [4.78, 5) is 38.9. The van der Waals surface area contributed by atoms with Gasteiger partial charge >= 0.3 is 6.03 Å². The number of rotatable bonds is 3. The molecule has 0 aliphatic rings. The van der Waals surface area contributed by atoms with E-state index >= 15 is 0 Å². The molecule has 1 heterocycles. The van der Waals surface area contributed by atoms with Gasteiger partial charge in [-0.1, -0.05) is 23.9 Å². The van der Waals surface area contributed by atoms with Crippen LogP contribution >= 0.6 is 11.8 Å². The highest BCUT2D eigenvalue weighted by molar-refractivity contribution is 8.00. The maximum Gasteiger partial charge on any atom is 0.318 e. The molecule has 110 valence electrons. The number of nitrogens with one attached hydrogen (secondary N) is 1. The van der Waals surface area contributed by atoms with E-state index in [4.69, 9.17) is 5.73 Å². The number of amides is 3. The molecule has 0 aliphatic carbocycles. The summed E-state index contributed by atoms with van der Waals surface area (Å²) in [5.74, 6) is -0.532. The molecule has 3 N–H and O–H groups in total. The fourth-order valence-electron chi connectivity index (χ4n) is 1.74. The molecule has 8 heteroatoms. The number of imide groups is 1. The van der Waals surface area contributed by atoms with E-state index < -0.39 is 17.2 Å². The number of nitrogens with two attached hydrogens (primary N) is 1. The van der Waals surface area contributed by atoms with E-state index in [0.717, 1.165) is 11.8 Å². The fraction of sp³-hybridized carbons (Fsp3) is 0.231. The van der Waals surface area contributed by atoms with Crippen molar-refractivity contribution in [1.82, 2.24) is 14.9 Å². The third-order valence-corrected chi connectivity index (χ3v) is 3.98. The zero-order valence-electron chi connectivity index (χ0n) is 11.5. The minimum absolute atomic E-state index is 0.189. The molecule has 1 unspecified atom stereocenters. The lowest BCUT2D eigenvalue weighted by Crippen LogP contribution is -2.39. The molecule has 21 heavy (non-hydrogen) atoms. The van der Waals surface area contributed by atoms with Gasteiger partial charge in [0.2, 0.25) is 5.91 Å². The lowest BCUT2D eigenvalue weighted by molar-refractivity contribution is -0.119. The van der Waals surface area contributed by atoms with E-state index in [-0.39, 0.29) is 5.56 Å². The zero-order chi connectivity index (χ0) is 15.6. The van der Waals surface area contributed by atoms with Gasteiger partial charge in [0.1, 0.15) is 0 Å². The lowest BCUT2D eigenvalue weighted by Gasteiger charge is -2.12. The molecule has 2 rings (SSSR count). The first-order valence-electron chi connectivity index (χ1n) is 6.13. The lowest BCUT2D eigenvalue weighted by atomic mass is 10.2. The number of nitrogens with zero attached hydrogens (tertiary/aromatic N) is 2. The minimum atomic E-state index is -0.909. The monoisotopic (exact) mass is 306 g/mol. The highest BCUT2D eigenvalue weighted by atomic mass is 32.2. The maximum atomic E-state index is 12.2. The Morgan fingerprint density at radius 1 is 1.38 bits per heavy atom. The number of primary amides is 1. The topological polar surface area (TPSA) is 107 Å². The summed E-state index contributed by atoms with van der Waals surface area (Å²) in [6.45, 7) is 1.60. The predicted octanol–water partition coefficient (Wildman–Crippen LogP) is 0.609. The summed E-state index contributed by atoms with van der Waals surface area (Å²) >= 11 is 1.08. The van der Waals surface area contributed by atoms with Crippen LogP contribution in [0.4, 0.5) is 4.79 Å². The van der Waals surface area contributed by atoms with Crippen LogP contribution < -0.4 is 16.6 Å². The average molecular weight is 306 g/mol. The second-order valence-corrected chi connectivity index (χ2v) is 5.70. The molecule has 1 aromatic carbocycles. The molecule has 7 nitrogen and oxygen atoms in total. The van der Waals surface area contributed by atoms with Gasteiger partial charge in [-0.15, -0.1) is 0 Å². The van der Waals surface area contributed by atoms with Gasteiger partial charge < -0.3 is 5.73 Å². The summed E-state index contributed by atoms with van der Waals surface area (Å²) in [6.07, 6.45) is 0. The summed E-state index contributed by atoms with van der Waals surface area (Å²) in [7, 11) is 1.59. The van der Waals surface area contributed by atoms with Crippen molar-refractivity contribution in [3.05, 3.63) is 34.6 Å². The number of carbonyl (C=O) groups is 2. The van der Waals surface area contributed by atoms with Crippen molar-refractivity contribution in [3.8, 4) is 0 Å². The second kappa shape index (κ2) is 5.96. The van der Waals surface area contributed by atoms with Crippen molar-refractivity contribution in [2.24, 2.45) is 12.8 Å². The Labute approximate surface area is 124 Å². The summed E-state index contributed by atoms with van der Waals surface area (Å²) < 4.78 is 1.38. The van der Waals surface area contributed by atoms with Crippen molar-refractivity contribution >= 4 is 34.6 Å². The summed E-state index contributed by atoms with van der Waals surface area (Å²) in [5, 5.41) is 2.29. The van der Waals surface area contributed by atoms with E-state index in [2.05, 4.69) is 4.98 Å². The molecule has 1 aromatic heterocycles. The van der Waals surface area contributed by atoms with Crippen LogP contribution in [0, 0.1) is 0 Å². The highest BCUT2D eigenvalue weighted by Crippen LogP contribution is 2.21. The SMILES string of the molecule is CC(Sc1nc2ccccc2c(=O)n1C)C(=O)NC(N)=O. The molecule has 2 aromatic rings. The fourth-order valence-corrected chi connectivity index (χ4v) is 2.61. The number of benzene rings is 1. The van der Waals surface area contributed by atoms with Crippen LogP contribution in [0.15, 0.2) is 34.2 Å². The molecule has 0 fully saturated rings. The van der Waals surface area contributed by atoms with Crippen LogP contribution in [0.5, 0.6) is 0 Å². The van der Waals surface area contributed by atoms with E-state index in [9.17, 15) is 14.4 Å². The Balaban J connectivity index is 2.34. The van der Waals surface area contributed by atoms with Crippen LogP contribution in [-0.2, 0) is 11.8 Å². The molecule has 0 spiro atoms. The van der Waals surface area contributed by atoms with Crippen LogP contribution in [-0.4, -0.2) is 26.7 Å². The van der Waals surface area contributed by atoms with E-state index in [1.54, 1.807) is 38.2 Å². The molecule has 3 amide bonds. The number of para-hydroxylation sites is 1. The quantitative estimate of drug-likeness (QED) is 0.638. The zero-order valence-corrected chi connectivity index (χ0v) is 12.3. The molecule has 0 radical (unpaired) electrons. The number of urea groups is 1. The molecule has 1 atom stereocenters. The molecule has 0 aliphatic heterocycles. The second-order valence-electron chi connectivity index (χ2n) is 4.39. The van der Waals surface area contributed by atoms with Crippen molar-refractivity contribution in [2.45, 2.75) is 17.3 Å². The van der Waals surface area contributed by atoms with E-state index in [1.165, 1.54) is 4.57 Å². The van der Waals surface area contributed by atoms with Gasteiger partial charge in [0.15, 0.2) is 5.16 Å². The van der Waals surface area contributed by atoms with Crippen LogP contribution in [0.1, 0.15) is 6.92 Å². The summed E-state index contributed by atoms with van der Waals surface area (Å²) in [6, 6.07) is 6.07. The van der Waals surface area contributed by atoms with Crippen molar-refractivity contribution in [1.29, 1.82) is 0 Å². The molecular weight excluding hydrogens is 292 g/mol. The highest BCUT2D eigenvalue weighted by Gasteiger charge is 2.19. The first-order valence-corrected chi connectivity index (χ1v) is 7.01. The maximum absolute atomic E-state index is 12.2. The predicted molar refractivity (Wildman–Crippen MR) is 80.0 cm³/mol. The first kappa shape index (κ1) is 15.0. The van der Waals surface area contributed by atoms with Gasteiger partial charge in [0, 0.05) is 7.05 Å². The number of fused-ring (bicyclic) bond motifs is 1. The van der Waals surface area contributed by atoms with Crippen LogP contribution in [0.3, 0.4) is 0 Å². The minimum Gasteiger partial charge on any atom is -0.351 e. The Kier molecular flexibility index (Phi) is 4.27. The molecule has 0 saturated carbocycles. The van der Waals surface area contributed by atoms with Crippen molar-refractivity contribution in [3.63, 3.8) is 0 Å². The number of hydrogen-bond acceptors (Lipinski definition) is 5. The normalized spacial score (nSPS) is 12.1. The molecule has 0 bridgehead atoms. The standard InChI is InChI=1S/C13H14N4O3S/c1-7(10(18)16-12(14)20)21-13-15-9-6-4-3-5-8(9)11(19)17(13)2/h3-7H,1-2H3,(H3,14,16,18,20). The third kappa shape index (κ3) is 3.22. The Morgan fingerprint density at radius 2 is 2.05 bits per heavy atom. The van der Waals surface area contributed by atoms with Gasteiger partial charge in [0.05, 0.1) is 16.2 Å². The average Bonchev–Trinajstić information content (AvgIpc) is 2.43. The third-order valence-electron chi connectivity index (χ3n) is 2.84. The number of hydrogen-bond donors (Lipinski definition) is 2. The largest absolute Gasteiger partial charge is 0.351 e. The van der Waals surface area contributed by atoms with Crippen molar-refractivity contribution in [2.75, 3.05) is 0 Å². The van der Waals surface area contributed by atoms with Gasteiger partial charge in [-0.2, -0.15) is 0 Å². The number of aromatic nitrogens is 2. The Morgan fingerprint density at radius 3 is 2.71 bits per heavy atom. The number of carbonyl (C=O) groups excluding carboxylic acids is 2. The van der Waals surface area contributed by atoms with Gasteiger partial charge in [-0.05, 0) is 19.1 Å². The van der Waals surface area contributed by atoms with Crippen LogP contribution in [0.2, 0.25) is 0 Å². The van der Waals surface area contributed by atoms with E-state index in [1.807, 2.05) is 5.32 Å². The molecule has 0 saturated heterocycles. The van der Waals surface area contributed by atoms with Gasteiger partial charge in [-0.25, -0.2) is 9.78 Å². The number of thioether (sulfide) groups is 1. The molecular formula is C13H14N4O3S. The van der Waals surface area contributed by atoms with Gasteiger partial charge in [0.25, 0.3) is 5.56 Å². The van der Waals surface area contributed by atoms with Gasteiger partial charge in [-0.3, -0.25) is 19.5 Å². The van der Waals surface area contributed by atoms with E-state index in [0.29, 0.717) is 16.1 Å². The first-order chi connectivity index (χ1) is 9.90.